The van der Waals surface area contributed by atoms with Crippen molar-refractivity contribution in [3.8, 4) is 0 Å². The molecular weight excluding hydrogens is 401 g/mol. The SMILES string of the molecule is CC(=O)OCS[P@@]1(=O)OC[C@H]2O[C@@H](n3cnc4c(N)ncnc43)C(O)[C@H]2O1. The summed E-state index contributed by atoms with van der Waals surface area (Å²) >= 11 is 0.727. The monoisotopic (exact) mass is 417 g/mol. The van der Waals surface area contributed by atoms with Gasteiger partial charge in [0.2, 0.25) is 0 Å². The van der Waals surface area contributed by atoms with Gasteiger partial charge in [-0.2, -0.15) is 0 Å². The summed E-state index contributed by atoms with van der Waals surface area (Å²) in [5.74, 6) is -0.497. The Bertz CT molecular complexity index is 926. The highest BCUT2D eigenvalue weighted by Crippen LogP contribution is 2.65. The molecule has 2 aromatic heterocycles. The molecule has 12 nitrogen and oxygen atoms in total. The molecule has 146 valence electrons. The molecule has 0 bridgehead atoms. The van der Waals surface area contributed by atoms with Crippen LogP contribution in [0.5, 0.6) is 0 Å². The summed E-state index contributed by atoms with van der Waals surface area (Å²) in [6.45, 7) is -2.42. The second-order valence-electron chi connectivity index (χ2n) is 5.83. The summed E-state index contributed by atoms with van der Waals surface area (Å²) in [7, 11) is 0. The number of hydrogen-bond acceptors (Lipinski definition) is 12. The molecule has 2 aliphatic rings. The predicted molar refractivity (Wildman–Crippen MR) is 92.3 cm³/mol. The molecule has 4 heterocycles. The van der Waals surface area contributed by atoms with Crippen LogP contribution in [0.1, 0.15) is 13.2 Å². The fourth-order valence-electron chi connectivity index (χ4n) is 2.86. The van der Waals surface area contributed by atoms with Crippen molar-refractivity contribution in [3.63, 3.8) is 0 Å². The summed E-state index contributed by atoms with van der Waals surface area (Å²) < 4.78 is 35.5. The zero-order valence-electron chi connectivity index (χ0n) is 14.0. The van der Waals surface area contributed by atoms with E-state index in [-0.39, 0.29) is 18.4 Å². The topological polar surface area (TPSA) is 161 Å². The average Bonchev–Trinajstić information content (AvgIpc) is 3.17. The Balaban J connectivity index is 1.52. The Kier molecular flexibility index (Phi) is 4.82. The van der Waals surface area contributed by atoms with Gasteiger partial charge in [0.1, 0.15) is 36.1 Å². The fraction of sp³-hybridized carbons (Fsp3) is 0.538. The van der Waals surface area contributed by atoms with Crippen molar-refractivity contribution in [2.24, 2.45) is 0 Å². The highest BCUT2D eigenvalue weighted by molar-refractivity contribution is 8.55. The van der Waals surface area contributed by atoms with Crippen LogP contribution in [0.2, 0.25) is 0 Å². The minimum Gasteiger partial charge on any atom is -0.454 e. The van der Waals surface area contributed by atoms with E-state index in [0.29, 0.717) is 11.2 Å². The van der Waals surface area contributed by atoms with Crippen LogP contribution in [0.4, 0.5) is 5.82 Å². The number of aliphatic hydroxyl groups is 1. The molecule has 27 heavy (non-hydrogen) atoms. The minimum absolute atomic E-state index is 0.0493. The van der Waals surface area contributed by atoms with E-state index in [2.05, 4.69) is 15.0 Å². The maximum absolute atomic E-state index is 12.7. The number of esters is 1. The molecule has 2 saturated heterocycles. The fourth-order valence-corrected chi connectivity index (χ4v) is 5.72. The van der Waals surface area contributed by atoms with Crippen molar-refractivity contribution in [2.75, 3.05) is 18.3 Å². The van der Waals surface area contributed by atoms with E-state index in [0.717, 1.165) is 11.4 Å². The van der Waals surface area contributed by atoms with Gasteiger partial charge in [0, 0.05) is 18.3 Å². The quantitative estimate of drug-likeness (QED) is 0.402. The Labute approximate surface area is 156 Å². The summed E-state index contributed by atoms with van der Waals surface area (Å²) in [5.41, 5.74) is 6.54. The standard InChI is InChI=1S/C13H16N5O7PS/c1-6(19)22-5-27-26(21)23-2-7-10(25-26)9(20)13(24-7)18-4-17-8-11(14)15-3-16-12(8)18/h3-4,7,9-10,13,20H,2,5H2,1H3,(H2,14,15,16)/t7-,9?,10+,13-,26+/m1/s1. The summed E-state index contributed by atoms with van der Waals surface area (Å²) in [4.78, 5) is 23.0. The Morgan fingerprint density at radius 3 is 3.11 bits per heavy atom. The number of nitrogens with two attached hydrogens (primary N) is 1. The van der Waals surface area contributed by atoms with Crippen LogP contribution in [0.25, 0.3) is 11.2 Å². The second-order valence-corrected chi connectivity index (χ2v) is 9.81. The lowest BCUT2D eigenvalue weighted by molar-refractivity contribution is -0.138. The maximum atomic E-state index is 12.7. The molecule has 5 atom stereocenters. The third kappa shape index (κ3) is 3.42. The third-order valence-corrected chi connectivity index (χ3v) is 7.44. The Hall–Kier alpha value is -1.76. The molecule has 2 fully saturated rings. The molecule has 2 aliphatic heterocycles. The van der Waals surface area contributed by atoms with Gasteiger partial charge in [-0.25, -0.2) is 19.5 Å². The molecule has 2 aromatic rings. The van der Waals surface area contributed by atoms with Crippen LogP contribution in [0.15, 0.2) is 12.7 Å². The summed E-state index contributed by atoms with van der Waals surface area (Å²) in [5, 5.41) is 10.7. The van der Waals surface area contributed by atoms with Crippen molar-refractivity contribution < 1.29 is 33.0 Å². The van der Waals surface area contributed by atoms with Crippen molar-refractivity contribution in [1.82, 2.24) is 19.5 Å². The highest BCUT2D eigenvalue weighted by atomic mass is 32.7. The van der Waals surface area contributed by atoms with Gasteiger partial charge in [-0.1, -0.05) is 0 Å². The first-order valence-corrected chi connectivity index (χ1v) is 11.0. The largest absolute Gasteiger partial charge is 0.454 e. The van der Waals surface area contributed by atoms with E-state index in [4.69, 9.17) is 24.3 Å². The number of aliphatic hydroxyl groups excluding tert-OH is 1. The van der Waals surface area contributed by atoms with Gasteiger partial charge in [-0.3, -0.25) is 18.4 Å². The van der Waals surface area contributed by atoms with Crippen LogP contribution >= 0.6 is 18.2 Å². The van der Waals surface area contributed by atoms with Gasteiger partial charge in [0.15, 0.2) is 17.7 Å². The number of nitrogen functional groups attached to an aromatic ring is 1. The molecule has 1 unspecified atom stereocenters. The van der Waals surface area contributed by atoms with Crippen molar-refractivity contribution in [2.45, 2.75) is 31.5 Å². The van der Waals surface area contributed by atoms with Gasteiger partial charge >= 0.3 is 12.8 Å². The third-order valence-electron chi connectivity index (χ3n) is 4.09. The maximum Gasteiger partial charge on any atom is 0.392 e. The minimum atomic E-state index is -3.61. The lowest BCUT2D eigenvalue weighted by atomic mass is 10.1. The number of ether oxygens (including phenoxy) is 2. The molecule has 3 N–H and O–H groups in total. The molecule has 14 heteroatoms. The van der Waals surface area contributed by atoms with Crippen LogP contribution in [-0.4, -0.2) is 61.5 Å². The number of nitrogens with zero attached hydrogens (tertiary/aromatic N) is 4. The molecule has 0 aliphatic carbocycles. The lowest BCUT2D eigenvalue weighted by Crippen LogP contribution is -2.38. The lowest BCUT2D eigenvalue weighted by Gasteiger charge is -2.30. The molecule has 4 rings (SSSR count). The van der Waals surface area contributed by atoms with Crippen LogP contribution in [0.3, 0.4) is 0 Å². The first kappa shape index (κ1) is 18.6. The predicted octanol–water partition coefficient (Wildman–Crippen LogP) is 0.444. The summed E-state index contributed by atoms with van der Waals surface area (Å²) in [6, 6.07) is 0. The number of fused-ring (bicyclic) bond motifs is 2. The molecular formula is C13H16N5O7PS. The number of imidazole rings is 1. The van der Waals surface area contributed by atoms with E-state index < -0.39 is 37.3 Å². The van der Waals surface area contributed by atoms with Gasteiger partial charge < -0.3 is 20.3 Å². The van der Waals surface area contributed by atoms with E-state index in [1.165, 1.54) is 24.1 Å². The van der Waals surface area contributed by atoms with E-state index in [9.17, 15) is 14.5 Å². The van der Waals surface area contributed by atoms with Gasteiger partial charge in [0.05, 0.1) is 12.9 Å². The zero-order chi connectivity index (χ0) is 19.2. The molecule has 0 saturated carbocycles. The zero-order valence-corrected chi connectivity index (χ0v) is 15.7. The molecule has 0 amide bonds. The number of aromatic nitrogens is 4. The molecule has 0 spiro atoms. The van der Waals surface area contributed by atoms with Crippen molar-refractivity contribution in [1.29, 1.82) is 0 Å². The second kappa shape index (κ2) is 7.00. The van der Waals surface area contributed by atoms with Crippen LogP contribution < -0.4 is 5.73 Å². The normalized spacial score (nSPS) is 33.1. The highest BCUT2D eigenvalue weighted by Gasteiger charge is 2.53. The van der Waals surface area contributed by atoms with Crippen molar-refractivity contribution in [3.05, 3.63) is 12.7 Å². The first-order chi connectivity index (χ1) is 12.9. The molecule has 0 aromatic carbocycles. The Morgan fingerprint density at radius 2 is 2.33 bits per heavy atom. The summed E-state index contributed by atoms with van der Waals surface area (Å²) in [6.07, 6.45) is -0.863. The number of anilines is 1. The van der Waals surface area contributed by atoms with Gasteiger partial charge in [0.25, 0.3) is 0 Å². The number of rotatable bonds is 4. The van der Waals surface area contributed by atoms with E-state index in [1.54, 1.807) is 0 Å². The Morgan fingerprint density at radius 1 is 1.52 bits per heavy atom. The number of carbonyl (C=O) groups is 1. The number of hydrogen-bond donors (Lipinski definition) is 2. The first-order valence-electron chi connectivity index (χ1n) is 7.85. The van der Waals surface area contributed by atoms with E-state index in [1.807, 2.05) is 0 Å². The van der Waals surface area contributed by atoms with Crippen LogP contribution in [-0.2, 0) is 27.9 Å². The smallest absolute Gasteiger partial charge is 0.392 e. The van der Waals surface area contributed by atoms with Crippen molar-refractivity contribution >= 4 is 41.1 Å². The van der Waals surface area contributed by atoms with E-state index >= 15 is 0 Å². The van der Waals surface area contributed by atoms with Gasteiger partial charge in [-0.15, -0.1) is 0 Å². The number of carbonyl (C=O) groups excluding carboxylic acids is 1. The van der Waals surface area contributed by atoms with Crippen LogP contribution in [0, 0.1) is 0 Å². The average molecular weight is 417 g/mol. The molecule has 0 radical (unpaired) electrons. The van der Waals surface area contributed by atoms with Gasteiger partial charge in [-0.05, 0) is 0 Å².